The molecule has 2 aromatic heterocycles. The molecule has 0 aliphatic rings. The van der Waals surface area contributed by atoms with Gasteiger partial charge >= 0.3 is 0 Å². The van der Waals surface area contributed by atoms with Crippen molar-refractivity contribution in [2.75, 3.05) is 0 Å². The molecule has 1 aromatic carbocycles. The van der Waals surface area contributed by atoms with Gasteiger partial charge in [0.05, 0.1) is 5.56 Å². The van der Waals surface area contributed by atoms with Crippen LogP contribution in [0.3, 0.4) is 0 Å². The Bertz CT molecular complexity index is 987. The Morgan fingerprint density at radius 2 is 1.57 bits per heavy atom. The second kappa shape index (κ2) is 5.60. The van der Waals surface area contributed by atoms with Gasteiger partial charge in [-0.2, -0.15) is 0 Å². The number of hydrogen-bond donors (Lipinski definition) is 4. The zero-order valence-corrected chi connectivity index (χ0v) is 12.7. The monoisotopic (exact) mass is 312 g/mol. The van der Waals surface area contributed by atoms with Crippen LogP contribution in [0, 0.1) is 13.8 Å². The molecular formula is C16H16N4O3. The molecule has 0 amide bonds. The van der Waals surface area contributed by atoms with Crippen molar-refractivity contribution in [1.29, 1.82) is 0 Å². The Balaban J connectivity index is 2.06. The van der Waals surface area contributed by atoms with E-state index in [1.165, 1.54) is 0 Å². The van der Waals surface area contributed by atoms with Crippen molar-refractivity contribution in [3.8, 4) is 11.1 Å². The summed E-state index contributed by atoms with van der Waals surface area (Å²) in [6.07, 6.45) is -0.0247. The molecule has 0 aliphatic carbocycles. The SMILES string of the molecule is Cc1[nH][nH]c(=O)c1CC(=O)c1ccccc1-c1c(C)[nH][nH]c1=O. The molecule has 0 saturated heterocycles. The van der Waals surface area contributed by atoms with Crippen molar-refractivity contribution >= 4 is 5.78 Å². The van der Waals surface area contributed by atoms with Gasteiger partial charge in [0.15, 0.2) is 5.78 Å². The Morgan fingerprint density at radius 3 is 2.17 bits per heavy atom. The number of ketones is 1. The third-order valence-corrected chi connectivity index (χ3v) is 3.89. The minimum atomic E-state index is -0.302. The summed E-state index contributed by atoms with van der Waals surface area (Å²) in [4.78, 5) is 36.4. The van der Waals surface area contributed by atoms with Gasteiger partial charge < -0.3 is 10.2 Å². The van der Waals surface area contributed by atoms with Gasteiger partial charge in [-0.1, -0.05) is 24.3 Å². The Labute approximate surface area is 130 Å². The van der Waals surface area contributed by atoms with Gasteiger partial charge in [0.1, 0.15) is 0 Å². The van der Waals surface area contributed by atoms with Crippen LogP contribution in [0.5, 0.6) is 0 Å². The van der Waals surface area contributed by atoms with Crippen molar-refractivity contribution in [2.45, 2.75) is 20.3 Å². The molecular weight excluding hydrogens is 296 g/mol. The van der Waals surface area contributed by atoms with E-state index in [1.54, 1.807) is 38.1 Å². The van der Waals surface area contributed by atoms with Gasteiger partial charge in [-0.25, -0.2) is 0 Å². The van der Waals surface area contributed by atoms with E-state index in [9.17, 15) is 14.4 Å². The molecule has 0 spiro atoms. The summed E-state index contributed by atoms with van der Waals surface area (Å²) in [7, 11) is 0. The first-order valence-electron chi connectivity index (χ1n) is 7.15. The molecule has 7 nitrogen and oxygen atoms in total. The summed E-state index contributed by atoms with van der Waals surface area (Å²) < 4.78 is 0. The summed E-state index contributed by atoms with van der Waals surface area (Å²) in [5.41, 5.74) is 2.53. The number of aryl methyl sites for hydroxylation is 2. The molecule has 7 heteroatoms. The minimum Gasteiger partial charge on any atom is -0.302 e. The number of nitrogens with one attached hydrogen (secondary N) is 4. The Morgan fingerprint density at radius 1 is 0.913 bits per heavy atom. The molecule has 2 heterocycles. The summed E-state index contributed by atoms with van der Waals surface area (Å²) in [6, 6.07) is 6.90. The maximum absolute atomic E-state index is 12.7. The normalized spacial score (nSPS) is 10.9. The number of aromatic nitrogens is 4. The molecule has 0 radical (unpaired) electrons. The molecule has 3 rings (SSSR count). The van der Waals surface area contributed by atoms with Crippen LogP contribution in [-0.2, 0) is 6.42 Å². The second-order valence-corrected chi connectivity index (χ2v) is 5.41. The van der Waals surface area contributed by atoms with Crippen LogP contribution in [0.4, 0.5) is 0 Å². The summed E-state index contributed by atoms with van der Waals surface area (Å²) in [6.45, 7) is 3.49. The zero-order chi connectivity index (χ0) is 16.6. The van der Waals surface area contributed by atoms with E-state index in [1.807, 2.05) is 0 Å². The van der Waals surface area contributed by atoms with Crippen LogP contribution < -0.4 is 11.1 Å². The second-order valence-electron chi connectivity index (χ2n) is 5.41. The van der Waals surface area contributed by atoms with Gasteiger partial charge in [-0.3, -0.25) is 24.6 Å². The van der Waals surface area contributed by atoms with Gasteiger partial charge in [0.2, 0.25) is 0 Å². The fourth-order valence-electron chi connectivity index (χ4n) is 2.65. The lowest BCUT2D eigenvalue weighted by Gasteiger charge is -2.07. The summed E-state index contributed by atoms with van der Waals surface area (Å²) in [5.74, 6) is -0.214. The maximum atomic E-state index is 12.7. The van der Waals surface area contributed by atoms with E-state index in [0.717, 1.165) is 0 Å². The number of carbonyl (C=O) groups is 1. The van der Waals surface area contributed by atoms with Crippen LogP contribution in [0.15, 0.2) is 33.9 Å². The predicted molar refractivity (Wildman–Crippen MR) is 85.8 cm³/mol. The number of carbonyl (C=O) groups excluding carboxylic acids is 1. The standard InChI is InChI=1S/C16H16N4O3/c1-8-12(15(22)19-17-8)7-13(21)10-5-3-4-6-11(10)14-9(2)18-20-16(14)23/h3-6H,7H2,1-2H3,(H2,17,19,22)(H2,18,20,23). The lowest BCUT2D eigenvalue weighted by atomic mass is 9.94. The number of Topliss-reactive ketones (excluding diaryl/α,β-unsaturated/α-hetero) is 1. The maximum Gasteiger partial charge on any atom is 0.272 e. The Hall–Kier alpha value is -3.09. The molecule has 0 unspecified atom stereocenters. The van der Waals surface area contributed by atoms with Crippen LogP contribution in [0.25, 0.3) is 11.1 Å². The first-order chi connectivity index (χ1) is 11.0. The van der Waals surface area contributed by atoms with Gasteiger partial charge in [0.25, 0.3) is 11.1 Å². The zero-order valence-electron chi connectivity index (χ0n) is 12.7. The average molecular weight is 312 g/mol. The number of aromatic amines is 4. The average Bonchev–Trinajstić information content (AvgIpc) is 3.03. The Kier molecular flexibility index (Phi) is 3.61. The van der Waals surface area contributed by atoms with Gasteiger partial charge in [-0.05, 0) is 19.4 Å². The van der Waals surface area contributed by atoms with Crippen molar-refractivity contribution < 1.29 is 4.79 Å². The lowest BCUT2D eigenvalue weighted by Crippen LogP contribution is -2.14. The predicted octanol–water partition coefficient (Wildman–Crippen LogP) is 1.43. The van der Waals surface area contributed by atoms with E-state index in [0.29, 0.717) is 33.6 Å². The van der Waals surface area contributed by atoms with Crippen LogP contribution in [0.2, 0.25) is 0 Å². The van der Waals surface area contributed by atoms with E-state index in [2.05, 4.69) is 20.4 Å². The highest BCUT2D eigenvalue weighted by atomic mass is 16.1. The fraction of sp³-hybridized carbons (Fsp3) is 0.188. The highest BCUT2D eigenvalue weighted by Gasteiger charge is 2.19. The number of benzene rings is 1. The summed E-state index contributed by atoms with van der Waals surface area (Å²) >= 11 is 0. The molecule has 0 aliphatic heterocycles. The van der Waals surface area contributed by atoms with Crippen LogP contribution in [0.1, 0.15) is 27.3 Å². The molecule has 0 saturated carbocycles. The van der Waals surface area contributed by atoms with Gasteiger partial charge in [-0.15, -0.1) is 0 Å². The van der Waals surface area contributed by atoms with Crippen LogP contribution in [-0.4, -0.2) is 26.2 Å². The third-order valence-electron chi connectivity index (χ3n) is 3.89. The van der Waals surface area contributed by atoms with Crippen molar-refractivity contribution in [2.24, 2.45) is 0 Å². The highest BCUT2D eigenvalue weighted by Crippen LogP contribution is 2.24. The van der Waals surface area contributed by atoms with E-state index in [-0.39, 0.29) is 23.3 Å². The summed E-state index contributed by atoms with van der Waals surface area (Å²) in [5, 5.41) is 10.4. The first kappa shape index (κ1) is 14.8. The molecule has 0 fully saturated rings. The molecule has 23 heavy (non-hydrogen) atoms. The van der Waals surface area contributed by atoms with E-state index >= 15 is 0 Å². The van der Waals surface area contributed by atoms with Crippen molar-refractivity contribution in [3.05, 3.63) is 67.5 Å². The van der Waals surface area contributed by atoms with Crippen LogP contribution >= 0.6 is 0 Å². The highest BCUT2D eigenvalue weighted by molar-refractivity contribution is 6.03. The third kappa shape index (κ3) is 2.57. The smallest absolute Gasteiger partial charge is 0.272 e. The molecule has 118 valence electrons. The fourth-order valence-corrected chi connectivity index (χ4v) is 2.65. The lowest BCUT2D eigenvalue weighted by molar-refractivity contribution is 0.0993. The largest absolute Gasteiger partial charge is 0.302 e. The molecule has 3 aromatic rings. The molecule has 0 atom stereocenters. The number of H-pyrrole nitrogens is 4. The minimum absolute atomic E-state index is 0.0247. The first-order valence-corrected chi connectivity index (χ1v) is 7.15. The topological polar surface area (TPSA) is 114 Å². The van der Waals surface area contributed by atoms with E-state index in [4.69, 9.17) is 0 Å². The van der Waals surface area contributed by atoms with E-state index < -0.39 is 0 Å². The van der Waals surface area contributed by atoms with Crippen molar-refractivity contribution in [3.63, 3.8) is 0 Å². The quantitative estimate of drug-likeness (QED) is 0.546. The van der Waals surface area contributed by atoms with Gasteiger partial charge in [0, 0.05) is 28.9 Å². The molecule has 4 N–H and O–H groups in total. The number of hydrogen-bond acceptors (Lipinski definition) is 3. The van der Waals surface area contributed by atoms with Crippen molar-refractivity contribution in [1.82, 2.24) is 20.4 Å². The number of rotatable bonds is 4. The molecule has 0 bridgehead atoms.